The third kappa shape index (κ3) is 2.97. The zero-order valence-electron chi connectivity index (χ0n) is 18.1. The van der Waals surface area contributed by atoms with Gasteiger partial charge in [-0.2, -0.15) is 0 Å². The molecule has 0 amide bonds. The average molecular weight is 564 g/mol. The molecular formula is C24H20BrClN2O5S. The topological polar surface area (TPSA) is 96.8 Å². The minimum Gasteiger partial charge on any atom is -0.476 e. The average Bonchev–Trinajstić information content (AvgIpc) is 3.17. The third-order valence-electron chi connectivity index (χ3n) is 6.59. The van der Waals surface area contributed by atoms with Crippen LogP contribution in [0.1, 0.15) is 22.7 Å². The molecule has 1 N–H and O–H groups in total. The molecule has 2 aromatic carbocycles. The number of ether oxygens (including phenoxy) is 1. The van der Waals surface area contributed by atoms with E-state index in [2.05, 4.69) is 20.9 Å². The van der Waals surface area contributed by atoms with Crippen molar-refractivity contribution >= 4 is 43.3 Å². The Bertz CT molecular complexity index is 1400. The first-order valence-corrected chi connectivity index (χ1v) is 13.1. The van der Waals surface area contributed by atoms with E-state index in [4.69, 9.17) is 16.3 Å². The van der Waals surface area contributed by atoms with E-state index >= 15 is 0 Å². The summed E-state index contributed by atoms with van der Waals surface area (Å²) in [4.78, 5) is 18.4. The molecule has 34 heavy (non-hydrogen) atoms. The molecule has 176 valence electrons. The smallest absolute Gasteiger partial charge is 0.224 e. The Hall–Kier alpha value is -2.30. The Morgan fingerprint density at radius 1 is 1.12 bits per heavy atom. The number of nitrogens with zero attached hydrogens (tertiary/aromatic N) is 2. The second kappa shape index (κ2) is 7.86. The lowest BCUT2D eigenvalue weighted by atomic mass is 9.72. The maximum Gasteiger partial charge on any atom is 0.224 e. The van der Waals surface area contributed by atoms with Crippen LogP contribution >= 0.6 is 27.5 Å². The van der Waals surface area contributed by atoms with Gasteiger partial charge in [0.1, 0.15) is 16.7 Å². The maximum atomic E-state index is 14.1. The molecule has 0 radical (unpaired) electrons. The van der Waals surface area contributed by atoms with Crippen LogP contribution in [-0.2, 0) is 26.0 Å². The van der Waals surface area contributed by atoms with Crippen LogP contribution in [0.5, 0.6) is 5.75 Å². The first kappa shape index (κ1) is 23.4. The summed E-state index contributed by atoms with van der Waals surface area (Å²) in [5.41, 5.74) is -3.27. The number of halogens is 2. The number of ketones is 1. The van der Waals surface area contributed by atoms with Gasteiger partial charge in [-0.05, 0) is 23.3 Å². The van der Waals surface area contributed by atoms with E-state index in [0.29, 0.717) is 11.1 Å². The van der Waals surface area contributed by atoms with E-state index < -0.39 is 38.2 Å². The Kier molecular flexibility index (Phi) is 5.42. The van der Waals surface area contributed by atoms with Gasteiger partial charge in [0.15, 0.2) is 11.4 Å². The number of aromatic nitrogens is 1. The van der Waals surface area contributed by atoms with Gasteiger partial charge in [0.2, 0.25) is 15.6 Å². The third-order valence-corrected chi connectivity index (χ3v) is 9.47. The van der Waals surface area contributed by atoms with Gasteiger partial charge in [0.05, 0.1) is 10.9 Å². The highest BCUT2D eigenvalue weighted by Crippen LogP contribution is 2.66. The standard InChI is InChI=1S/C24H20BrClN2O5S/c1-28(2)34(31,32)20-19(14-6-4-3-5-7-14)24(15-8-10-16(25)11-9-15)23(30,22(20)29)21-18(33-24)12-17(26)13-27-21/h3-13,19-20,30H,1-2H3/t19-,20-,23+,24+/m1/s1. The molecular weight excluding hydrogens is 544 g/mol. The number of pyridine rings is 1. The molecule has 1 aliphatic heterocycles. The summed E-state index contributed by atoms with van der Waals surface area (Å²) >= 11 is 9.56. The van der Waals surface area contributed by atoms with Crippen molar-refractivity contribution in [1.82, 2.24) is 9.29 Å². The van der Waals surface area contributed by atoms with Gasteiger partial charge in [0, 0.05) is 30.8 Å². The molecule has 0 saturated heterocycles. The van der Waals surface area contributed by atoms with E-state index in [1.807, 2.05) is 0 Å². The van der Waals surface area contributed by atoms with Crippen LogP contribution in [0.2, 0.25) is 5.02 Å². The number of hydrogen-bond donors (Lipinski definition) is 1. The zero-order valence-corrected chi connectivity index (χ0v) is 21.3. The van der Waals surface area contributed by atoms with Crippen LogP contribution in [-0.4, -0.2) is 47.9 Å². The second-order valence-electron chi connectivity index (χ2n) is 8.56. The van der Waals surface area contributed by atoms with E-state index in [0.717, 1.165) is 8.78 Å². The van der Waals surface area contributed by atoms with Crippen LogP contribution in [0, 0.1) is 0 Å². The fraction of sp³-hybridized carbons (Fsp3) is 0.250. The van der Waals surface area contributed by atoms with Gasteiger partial charge in [-0.25, -0.2) is 12.7 Å². The fourth-order valence-electron chi connectivity index (χ4n) is 5.10. The first-order chi connectivity index (χ1) is 16.0. The largest absolute Gasteiger partial charge is 0.476 e. The van der Waals surface area contributed by atoms with E-state index in [1.54, 1.807) is 54.6 Å². The van der Waals surface area contributed by atoms with Gasteiger partial charge >= 0.3 is 0 Å². The van der Waals surface area contributed by atoms with Gasteiger partial charge in [-0.1, -0.05) is 70.0 Å². The normalized spacial score (nSPS) is 28.0. The summed E-state index contributed by atoms with van der Waals surface area (Å²) in [7, 11) is -1.46. The molecule has 1 aromatic heterocycles. The number of carbonyl (C=O) groups excluding carboxylic acids is 1. The maximum absolute atomic E-state index is 14.1. The highest BCUT2D eigenvalue weighted by Gasteiger charge is 2.79. The van der Waals surface area contributed by atoms with Gasteiger partial charge in [-0.15, -0.1) is 0 Å². The SMILES string of the molecule is CN(C)S(=O)(=O)[C@H]1C(=O)[C@@]2(O)c3ncc(Cl)cc3O[C@@]2(c2ccc(Br)cc2)[C@@H]1c1ccccc1. The predicted octanol–water partition coefficient (Wildman–Crippen LogP) is 3.60. The van der Waals surface area contributed by atoms with E-state index in [1.165, 1.54) is 26.4 Å². The van der Waals surface area contributed by atoms with Gasteiger partial charge < -0.3 is 9.84 Å². The van der Waals surface area contributed by atoms with Crippen molar-refractivity contribution in [3.8, 4) is 5.75 Å². The molecule has 7 nitrogen and oxygen atoms in total. The molecule has 0 spiro atoms. The van der Waals surface area contributed by atoms with Crippen LogP contribution < -0.4 is 4.74 Å². The van der Waals surface area contributed by atoms with Crippen LogP contribution in [0.3, 0.4) is 0 Å². The molecule has 1 fully saturated rings. The number of aliphatic hydroxyl groups is 1. The number of benzene rings is 2. The monoisotopic (exact) mass is 562 g/mol. The molecule has 0 bridgehead atoms. The van der Waals surface area contributed by atoms with Crippen molar-refractivity contribution in [2.24, 2.45) is 0 Å². The lowest BCUT2D eigenvalue weighted by Crippen LogP contribution is -2.51. The number of Topliss-reactive ketones (excluding diaryl/α,β-unsaturated/α-hetero) is 1. The Morgan fingerprint density at radius 2 is 1.76 bits per heavy atom. The minimum absolute atomic E-state index is 0.0535. The lowest BCUT2D eigenvalue weighted by molar-refractivity contribution is -0.151. The van der Waals surface area contributed by atoms with Crippen molar-refractivity contribution in [2.75, 3.05) is 14.1 Å². The summed E-state index contributed by atoms with van der Waals surface area (Å²) in [6.07, 6.45) is 1.30. The summed E-state index contributed by atoms with van der Waals surface area (Å²) in [6, 6.07) is 17.1. The van der Waals surface area contributed by atoms with Crippen LogP contribution in [0.15, 0.2) is 71.3 Å². The van der Waals surface area contributed by atoms with Crippen molar-refractivity contribution in [3.05, 3.63) is 93.2 Å². The summed E-state index contributed by atoms with van der Waals surface area (Å²) in [5, 5.41) is 10.9. The quantitative estimate of drug-likeness (QED) is 0.521. The molecule has 1 saturated carbocycles. The Labute approximate surface area is 210 Å². The van der Waals surface area contributed by atoms with E-state index in [9.17, 15) is 18.3 Å². The number of sulfonamides is 1. The molecule has 2 aliphatic rings. The van der Waals surface area contributed by atoms with Gasteiger partial charge in [-0.3, -0.25) is 9.78 Å². The molecule has 5 rings (SSSR count). The van der Waals surface area contributed by atoms with Crippen molar-refractivity contribution in [1.29, 1.82) is 0 Å². The van der Waals surface area contributed by atoms with Crippen molar-refractivity contribution in [3.63, 3.8) is 0 Å². The fourth-order valence-corrected chi connectivity index (χ4v) is 7.10. The second-order valence-corrected chi connectivity index (χ2v) is 12.2. The predicted molar refractivity (Wildman–Crippen MR) is 130 cm³/mol. The number of carbonyl (C=O) groups is 1. The highest BCUT2D eigenvalue weighted by molar-refractivity contribution is 9.10. The Morgan fingerprint density at radius 3 is 2.38 bits per heavy atom. The van der Waals surface area contributed by atoms with Crippen molar-refractivity contribution < 1.29 is 23.1 Å². The van der Waals surface area contributed by atoms with E-state index in [-0.39, 0.29) is 16.5 Å². The number of hydrogen-bond acceptors (Lipinski definition) is 6. The summed E-state index contributed by atoms with van der Waals surface area (Å²) in [5.74, 6) is -1.85. The molecule has 2 heterocycles. The first-order valence-electron chi connectivity index (χ1n) is 10.4. The molecule has 1 aliphatic carbocycles. The minimum atomic E-state index is -4.19. The Balaban J connectivity index is 1.91. The summed E-state index contributed by atoms with van der Waals surface area (Å²) < 4.78 is 35.4. The summed E-state index contributed by atoms with van der Waals surface area (Å²) in [6.45, 7) is 0. The van der Waals surface area contributed by atoms with Crippen LogP contribution in [0.25, 0.3) is 0 Å². The number of rotatable bonds is 4. The zero-order chi connectivity index (χ0) is 24.5. The van der Waals surface area contributed by atoms with Gasteiger partial charge in [0.25, 0.3) is 0 Å². The van der Waals surface area contributed by atoms with Crippen molar-refractivity contribution in [2.45, 2.75) is 22.4 Å². The lowest BCUT2D eigenvalue weighted by Gasteiger charge is -2.39. The molecule has 0 unspecified atom stereocenters. The highest BCUT2D eigenvalue weighted by atomic mass is 79.9. The van der Waals surface area contributed by atoms with Crippen LogP contribution in [0.4, 0.5) is 0 Å². The molecule has 4 atom stereocenters. The molecule has 10 heteroatoms. The molecule has 3 aromatic rings. The number of fused-ring (bicyclic) bond motifs is 3.